The third-order valence-electron chi connectivity index (χ3n) is 2.40. The van der Waals surface area contributed by atoms with Crippen molar-refractivity contribution in [2.75, 3.05) is 18.6 Å². The van der Waals surface area contributed by atoms with Crippen LogP contribution in [0, 0.1) is 0 Å². The van der Waals surface area contributed by atoms with Gasteiger partial charge in [0.05, 0.1) is 11.9 Å². The van der Waals surface area contributed by atoms with Gasteiger partial charge in [-0.05, 0) is 12.5 Å². The molecule has 2 N–H and O–H groups in total. The molecule has 0 spiro atoms. The molecule has 1 aromatic carbocycles. The standard InChI is InChI=1S/C12H19NO3S/c1-10(9-17(2,15)16)13-8-12(14)11-6-4-3-5-7-11/h3-7,10,12-14H,8-9H2,1-2H3. The summed E-state index contributed by atoms with van der Waals surface area (Å²) in [6, 6.07) is 9.12. The van der Waals surface area contributed by atoms with Crippen molar-refractivity contribution in [3.05, 3.63) is 35.9 Å². The molecule has 0 aliphatic heterocycles. The molecular formula is C12H19NO3S. The summed E-state index contributed by atoms with van der Waals surface area (Å²) < 4.78 is 22.1. The fourth-order valence-corrected chi connectivity index (χ4v) is 2.65. The highest BCUT2D eigenvalue weighted by molar-refractivity contribution is 7.90. The first-order chi connectivity index (χ1) is 7.88. The van der Waals surface area contributed by atoms with Crippen molar-refractivity contribution in [3.63, 3.8) is 0 Å². The zero-order valence-electron chi connectivity index (χ0n) is 10.1. The van der Waals surface area contributed by atoms with Gasteiger partial charge in [-0.3, -0.25) is 0 Å². The average Bonchev–Trinajstić information content (AvgIpc) is 2.25. The molecule has 2 atom stereocenters. The maximum absolute atomic E-state index is 11.1. The zero-order valence-corrected chi connectivity index (χ0v) is 10.9. The molecule has 4 nitrogen and oxygen atoms in total. The molecule has 17 heavy (non-hydrogen) atoms. The molecule has 0 aliphatic carbocycles. The monoisotopic (exact) mass is 257 g/mol. The van der Waals surface area contributed by atoms with Gasteiger partial charge in [-0.25, -0.2) is 8.42 Å². The second-order valence-corrected chi connectivity index (χ2v) is 6.51. The SMILES string of the molecule is CC(CS(C)(=O)=O)NCC(O)c1ccccc1. The Bertz CT molecular complexity index is 430. The van der Waals surface area contributed by atoms with Crippen molar-refractivity contribution in [2.24, 2.45) is 0 Å². The molecule has 0 saturated carbocycles. The van der Waals surface area contributed by atoms with E-state index >= 15 is 0 Å². The van der Waals surface area contributed by atoms with Crippen LogP contribution < -0.4 is 5.32 Å². The number of sulfone groups is 1. The topological polar surface area (TPSA) is 66.4 Å². The molecule has 96 valence electrons. The highest BCUT2D eigenvalue weighted by atomic mass is 32.2. The summed E-state index contributed by atoms with van der Waals surface area (Å²) in [5.41, 5.74) is 0.826. The summed E-state index contributed by atoms with van der Waals surface area (Å²) in [6.07, 6.45) is 0.594. The van der Waals surface area contributed by atoms with Crippen LogP contribution >= 0.6 is 0 Å². The van der Waals surface area contributed by atoms with Gasteiger partial charge in [0.25, 0.3) is 0 Å². The summed E-state index contributed by atoms with van der Waals surface area (Å²) in [5.74, 6) is 0.0779. The molecule has 0 radical (unpaired) electrons. The van der Waals surface area contributed by atoms with Gasteiger partial charge in [-0.2, -0.15) is 0 Å². The predicted molar refractivity (Wildman–Crippen MR) is 68.6 cm³/mol. The Labute approximate surface area is 103 Å². The molecule has 0 heterocycles. The number of hydrogen-bond acceptors (Lipinski definition) is 4. The van der Waals surface area contributed by atoms with E-state index < -0.39 is 15.9 Å². The minimum atomic E-state index is -2.98. The van der Waals surface area contributed by atoms with Gasteiger partial charge in [-0.1, -0.05) is 30.3 Å². The van der Waals surface area contributed by atoms with Crippen molar-refractivity contribution < 1.29 is 13.5 Å². The van der Waals surface area contributed by atoms with Crippen molar-refractivity contribution in [1.29, 1.82) is 0 Å². The van der Waals surface area contributed by atoms with Crippen LogP contribution in [-0.2, 0) is 9.84 Å². The molecule has 0 saturated heterocycles. The van der Waals surface area contributed by atoms with E-state index in [4.69, 9.17) is 0 Å². The lowest BCUT2D eigenvalue weighted by atomic mass is 10.1. The van der Waals surface area contributed by atoms with Crippen molar-refractivity contribution in [2.45, 2.75) is 19.1 Å². The fraction of sp³-hybridized carbons (Fsp3) is 0.500. The minimum Gasteiger partial charge on any atom is -0.387 e. The van der Waals surface area contributed by atoms with E-state index in [9.17, 15) is 13.5 Å². The Hall–Kier alpha value is -0.910. The van der Waals surface area contributed by atoms with Crippen LogP contribution in [0.15, 0.2) is 30.3 Å². The van der Waals surface area contributed by atoms with Crippen LogP contribution in [0.2, 0.25) is 0 Å². The number of aliphatic hydroxyl groups excluding tert-OH is 1. The van der Waals surface area contributed by atoms with E-state index in [0.717, 1.165) is 5.56 Å². The fourth-order valence-electron chi connectivity index (χ4n) is 1.62. The van der Waals surface area contributed by atoms with E-state index in [1.165, 1.54) is 6.26 Å². The Morgan fingerprint density at radius 1 is 1.29 bits per heavy atom. The molecule has 1 aromatic rings. The maximum Gasteiger partial charge on any atom is 0.148 e. The Morgan fingerprint density at radius 3 is 2.41 bits per heavy atom. The molecule has 0 bridgehead atoms. The normalized spacial score (nSPS) is 15.5. The molecule has 2 unspecified atom stereocenters. The highest BCUT2D eigenvalue weighted by Gasteiger charge is 2.12. The summed E-state index contributed by atoms with van der Waals surface area (Å²) in [6.45, 7) is 2.14. The van der Waals surface area contributed by atoms with Gasteiger partial charge >= 0.3 is 0 Å². The van der Waals surface area contributed by atoms with Gasteiger partial charge in [0.1, 0.15) is 9.84 Å². The smallest absolute Gasteiger partial charge is 0.148 e. The van der Waals surface area contributed by atoms with Crippen molar-refractivity contribution in [3.8, 4) is 0 Å². The molecule has 5 heteroatoms. The first-order valence-electron chi connectivity index (χ1n) is 5.52. The van der Waals surface area contributed by atoms with E-state index in [0.29, 0.717) is 6.54 Å². The lowest BCUT2D eigenvalue weighted by Crippen LogP contribution is -2.35. The van der Waals surface area contributed by atoms with Crippen LogP contribution in [0.1, 0.15) is 18.6 Å². The first kappa shape index (κ1) is 14.2. The van der Waals surface area contributed by atoms with E-state index in [1.807, 2.05) is 30.3 Å². The van der Waals surface area contributed by atoms with Gasteiger partial charge in [0.15, 0.2) is 0 Å². The number of hydrogen-bond donors (Lipinski definition) is 2. The number of aliphatic hydroxyl groups is 1. The average molecular weight is 257 g/mol. The molecule has 0 amide bonds. The van der Waals surface area contributed by atoms with Gasteiger partial charge < -0.3 is 10.4 Å². The largest absolute Gasteiger partial charge is 0.387 e. The van der Waals surface area contributed by atoms with Gasteiger partial charge in [0, 0.05) is 18.8 Å². The maximum atomic E-state index is 11.1. The molecule has 1 rings (SSSR count). The van der Waals surface area contributed by atoms with E-state index in [2.05, 4.69) is 5.32 Å². The third-order valence-corrected chi connectivity index (χ3v) is 3.50. The van der Waals surface area contributed by atoms with Crippen molar-refractivity contribution >= 4 is 9.84 Å². The second-order valence-electron chi connectivity index (χ2n) is 4.33. The predicted octanol–water partition coefficient (Wildman–Crippen LogP) is 0.743. The lowest BCUT2D eigenvalue weighted by molar-refractivity contribution is 0.172. The van der Waals surface area contributed by atoms with Crippen LogP contribution in [0.4, 0.5) is 0 Å². The summed E-state index contributed by atoms with van der Waals surface area (Å²) in [4.78, 5) is 0. The highest BCUT2D eigenvalue weighted by Crippen LogP contribution is 2.10. The Morgan fingerprint density at radius 2 is 1.88 bits per heavy atom. The molecular weight excluding hydrogens is 238 g/mol. The first-order valence-corrected chi connectivity index (χ1v) is 7.58. The Kier molecular flexibility index (Phi) is 5.11. The molecule has 0 aromatic heterocycles. The van der Waals surface area contributed by atoms with E-state index in [-0.39, 0.29) is 11.8 Å². The zero-order chi connectivity index (χ0) is 12.9. The summed E-state index contributed by atoms with van der Waals surface area (Å²) >= 11 is 0. The number of rotatable bonds is 6. The van der Waals surface area contributed by atoms with Crippen molar-refractivity contribution in [1.82, 2.24) is 5.32 Å². The number of nitrogens with one attached hydrogen (secondary N) is 1. The van der Waals surface area contributed by atoms with Gasteiger partial charge in [-0.15, -0.1) is 0 Å². The number of benzene rings is 1. The minimum absolute atomic E-state index is 0.0779. The van der Waals surface area contributed by atoms with Crippen LogP contribution in [0.5, 0.6) is 0 Å². The molecule has 0 aliphatic rings. The quantitative estimate of drug-likeness (QED) is 0.789. The Balaban J connectivity index is 2.41. The third kappa shape index (κ3) is 5.81. The summed E-state index contributed by atoms with van der Waals surface area (Å²) in [7, 11) is -2.98. The van der Waals surface area contributed by atoms with Gasteiger partial charge in [0.2, 0.25) is 0 Å². The molecule has 0 fully saturated rings. The summed E-state index contributed by atoms with van der Waals surface area (Å²) in [5, 5.41) is 12.9. The lowest BCUT2D eigenvalue weighted by Gasteiger charge is -2.16. The van der Waals surface area contributed by atoms with Crippen LogP contribution in [0.3, 0.4) is 0 Å². The van der Waals surface area contributed by atoms with E-state index in [1.54, 1.807) is 6.92 Å². The van der Waals surface area contributed by atoms with Crippen LogP contribution in [0.25, 0.3) is 0 Å². The van der Waals surface area contributed by atoms with Crippen LogP contribution in [-0.4, -0.2) is 38.1 Å². The second kappa shape index (κ2) is 6.14.